The van der Waals surface area contributed by atoms with Crippen LogP contribution in [-0.2, 0) is 9.84 Å². The van der Waals surface area contributed by atoms with Gasteiger partial charge in [-0.1, -0.05) is 0 Å². The van der Waals surface area contributed by atoms with Crippen molar-refractivity contribution >= 4 is 9.84 Å². The molecule has 0 spiro atoms. The number of methoxy groups -OCH3 is 1. The van der Waals surface area contributed by atoms with Crippen LogP contribution in [0.3, 0.4) is 0 Å². The van der Waals surface area contributed by atoms with Gasteiger partial charge in [-0.3, -0.25) is 0 Å². The molecule has 1 aromatic rings. The van der Waals surface area contributed by atoms with Crippen molar-refractivity contribution in [1.29, 1.82) is 0 Å². The maximum Gasteiger partial charge on any atom is 0.181 e. The van der Waals surface area contributed by atoms with E-state index in [9.17, 15) is 8.42 Å². The number of sulfone groups is 1. The van der Waals surface area contributed by atoms with Crippen molar-refractivity contribution in [3.8, 4) is 5.75 Å². The molecular formula is C13H20O3S. The molecule has 0 heterocycles. The van der Waals surface area contributed by atoms with Gasteiger partial charge in [0.2, 0.25) is 0 Å². The van der Waals surface area contributed by atoms with E-state index >= 15 is 0 Å². The lowest BCUT2D eigenvalue weighted by atomic mass is 10.1. The highest BCUT2D eigenvalue weighted by Crippen LogP contribution is 2.32. The summed E-state index contributed by atoms with van der Waals surface area (Å²) in [5.74, 6) is 0.739. The Morgan fingerprint density at radius 3 is 2.06 bits per heavy atom. The largest absolute Gasteiger partial charge is 0.496 e. The summed E-state index contributed by atoms with van der Waals surface area (Å²) in [6.45, 7) is 8.93. The third kappa shape index (κ3) is 2.32. The van der Waals surface area contributed by atoms with Crippen molar-refractivity contribution < 1.29 is 13.2 Å². The normalized spacial score (nSPS) is 11.9. The molecule has 0 saturated heterocycles. The quantitative estimate of drug-likeness (QED) is 0.835. The number of ether oxygens (including phenoxy) is 1. The third-order valence-corrected chi connectivity index (χ3v) is 5.54. The van der Waals surface area contributed by atoms with Crippen molar-refractivity contribution in [2.75, 3.05) is 7.11 Å². The molecule has 0 N–H and O–H groups in total. The predicted molar refractivity (Wildman–Crippen MR) is 69.5 cm³/mol. The van der Waals surface area contributed by atoms with E-state index in [1.165, 1.54) is 0 Å². The molecule has 0 aliphatic heterocycles. The minimum absolute atomic E-state index is 0.410. The zero-order chi connectivity index (χ0) is 13.4. The van der Waals surface area contributed by atoms with Gasteiger partial charge in [0.05, 0.1) is 17.3 Å². The van der Waals surface area contributed by atoms with Crippen LogP contribution < -0.4 is 4.74 Å². The molecule has 0 saturated carbocycles. The van der Waals surface area contributed by atoms with Gasteiger partial charge in [0.1, 0.15) is 5.75 Å². The lowest BCUT2D eigenvalue weighted by molar-refractivity contribution is 0.410. The van der Waals surface area contributed by atoms with Crippen LogP contribution in [0.5, 0.6) is 5.75 Å². The van der Waals surface area contributed by atoms with E-state index in [0.717, 1.165) is 22.4 Å². The number of hydrogen-bond acceptors (Lipinski definition) is 3. The fourth-order valence-electron chi connectivity index (χ4n) is 1.91. The molecule has 0 fully saturated rings. The second-order valence-electron chi connectivity index (χ2n) is 4.57. The molecule has 0 aromatic heterocycles. The summed E-state index contributed by atoms with van der Waals surface area (Å²) in [6, 6.07) is 1.79. The summed E-state index contributed by atoms with van der Waals surface area (Å²) in [4.78, 5) is 0.450. The molecule has 1 aromatic carbocycles. The summed E-state index contributed by atoms with van der Waals surface area (Å²) in [6.07, 6.45) is 0. The molecule has 0 amide bonds. The highest BCUT2D eigenvalue weighted by molar-refractivity contribution is 7.92. The Hall–Kier alpha value is -1.03. The number of benzene rings is 1. The van der Waals surface area contributed by atoms with Crippen LogP contribution in [0.2, 0.25) is 0 Å². The first-order valence-electron chi connectivity index (χ1n) is 5.62. The molecule has 3 nitrogen and oxygen atoms in total. The average Bonchev–Trinajstić information content (AvgIpc) is 2.22. The molecule has 17 heavy (non-hydrogen) atoms. The van der Waals surface area contributed by atoms with Gasteiger partial charge >= 0.3 is 0 Å². The zero-order valence-electron chi connectivity index (χ0n) is 11.3. The monoisotopic (exact) mass is 256 g/mol. The van der Waals surface area contributed by atoms with E-state index in [4.69, 9.17) is 4.74 Å². The zero-order valence-corrected chi connectivity index (χ0v) is 12.1. The van der Waals surface area contributed by atoms with Crippen molar-refractivity contribution in [2.45, 2.75) is 44.8 Å². The molecular weight excluding hydrogens is 236 g/mol. The Bertz CT molecular complexity index is 528. The van der Waals surface area contributed by atoms with Crippen LogP contribution in [-0.4, -0.2) is 20.8 Å². The van der Waals surface area contributed by atoms with Crippen molar-refractivity contribution in [3.63, 3.8) is 0 Å². The number of aryl methyl sites for hydroxylation is 1. The second kappa shape index (κ2) is 4.69. The maximum absolute atomic E-state index is 12.3. The van der Waals surface area contributed by atoms with E-state index in [0.29, 0.717) is 4.90 Å². The highest BCUT2D eigenvalue weighted by atomic mass is 32.2. The minimum Gasteiger partial charge on any atom is -0.496 e. The van der Waals surface area contributed by atoms with E-state index in [1.54, 1.807) is 27.0 Å². The summed E-state index contributed by atoms with van der Waals surface area (Å²) in [5.41, 5.74) is 2.42. The standard InChI is InChI=1S/C13H20O3S/c1-8(2)17(14,15)13-9(3)7-12(16-6)10(4)11(13)5/h7-8H,1-6H3. The van der Waals surface area contributed by atoms with Gasteiger partial charge in [0, 0.05) is 0 Å². The summed E-state index contributed by atoms with van der Waals surface area (Å²) >= 11 is 0. The molecule has 0 aliphatic rings. The van der Waals surface area contributed by atoms with Gasteiger partial charge in [0.15, 0.2) is 9.84 Å². The Balaban J connectivity index is 3.63. The van der Waals surface area contributed by atoms with Crippen LogP contribution in [0, 0.1) is 20.8 Å². The summed E-state index contributed by atoms with van der Waals surface area (Å²) in [5, 5.41) is -0.410. The molecule has 0 bridgehead atoms. The molecule has 0 aliphatic carbocycles. The minimum atomic E-state index is -3.24. The second-order valence-corrected chi connectivity index (χ2v) is 7.01. The SMILES string of the molecule is COc1cc(C)c(S(=O)(=O)C(C)C)c(C)c1C. The van der Waals surface area contributed by atoms with Gasteiger partial charge in [-0.2, -0.15) is 0 Å². The van der Waals surface area contributed by atoms with Crippen molar-refractivity contribution in [1.82, 2.24) is 0 Å². The fraction of sp³-hybridized carbons (Fsp3) is 0.538. The number of hydrogen-bond donors (Lipinski definition) is 0. The third-order valence-electron chi connectivity index (χ3n) is 3.10. The van der Waals surface area contributed by atoms with E-state index in [2.05, 4.69) is 0 Å². The Morgan fingerprint density at radius 1 is 1.12 bits per heavy atom. The molecule has 1 rings (SSSR count). The van der Waals surface area contributed by atoms with Gasteiger partial charge in [-0.15, -0.1) is 0 Å². The molecule has 4 heteroatoms. The van der Waals surface area contributed by atoms with Crippen molar-refractivity contribution in [2.24, 2.45) is 0 Å². The van der Waals surface area contributed by atoms with E-state index in [-0.39, 0.29) is 0 Å². The Morgan fingerprint density at radius 2 is 1.65 bits per heavy atom. The van der Waals surface area contributed by atoms with Crippen molar-refractivity contribution in [3.05, 3.63) is 22.8 Å². The van der Waals surface area contributed by atoms with Crippen LogP contribution in [0.4, 0.5) is 0 Å². The fourth-order valence-corrected chi connectivity index (χ4v) is 3.47. The Kier molecular flexibility index (Phi) is 3.87. The topological polar surface area (TPSA) is 43.4 Å². The van der Waals surface area contributed by atoms with Crippen LogP contribution in [0.25, 0.3) is 0 Å². The smallest absolute Gasteiger partial charge is 0.181 e. The molecule has 0 unspecified atom stereocenters. The first kappa shape index (κ1) is 14.0. The van der Waals surface area contributed by atoms with Crippen LogP contribution in [0.1, 0.15) is 30.5 Å². The van der Waals surface area contributed by atoms with Crippen LogP contribution in [0.15, 0.2) is 11.0 Å². The summed E-state index contributed by atoms with van der Waals surface area (Å²) in [7, 11) is -1.65. The lowest BCUT2D eigenvalue weighted by Gasteiger charge is -2.17. The predicted octanol–water partition coefficient (Wildman–Crippen LogP) is 2.80. The van der Waals surface area contributed by atoms with Gasteiger partial charge < -0.3 is 4.74 Å². The first-order valence-corrected chi connectivity index (χ1v) is 7.16. The lowest BCUT2D eigenvalue weighted by Crippen LogP contribution is -2.17. The van der Waals surface area contributed by atoms with E-state index < -0.39 is 15.1 Å². The average molecular weight is 256 g/mol. The van der Waals surface area contributed by atoms with Crippen LogP contribution >= 0.6 is 0 Å². The molecule has 0 radical (unpaired) electrons. The first-order chi connectivity index (χ1) is 7.73. The van der Waals surface area contributed by atoms with Gasteiger partial charge in [-0.25, -0.2) is 8.42 Å². The van der Waals surface area contributed by atoms with E-state index in [1.807, 2.05) is 20.8 Å². The van der Waals surface area contributed by atoms with Gasteiger partial charge in [0.25, 0.3) is 0 Å². The summed E-state index contributed by atoms with van der Waals surface area (Å²) < 4.78 is 29.8. The Labute approximate surface area is 104 Å². The number of rotatable bonds is 3. The van der Waals surface area contributed by atoms with Gasteiger partial charge in [-0.05, 0) is 57.4 Å². The maximum atomic E-state index is 12.3. The highest BCUT2D eigenvalue weighted by Gasteiger charge is 2.25. The molecule has 96 valence electrons. The molecule has 0 atom stereocenters.